The molecule has 1 nitrogen and oxygen atoms in total. The minimum atomic E-state index is 1.20. The second-order valence-corrected chi connectivity index (χ2v) is 5.43. The monoisotopic (exact) mass is 283 g/mol. The van der Waals surface area contributed by atoms with Gasteiger partial charge in [-0.25, -0.2) is 0 Å². The van der Waals surface area contributed by atoms with Crippen molar-refractivity contribution in [1.29, 1.82) is 0 Å². The van der Waals surface area contributed by atoms with E-state index in [1.165, 1.54) is 33.1 Å². The Morgan fingerprint density at radius 1 is 0.727 bits per heavy atom. The second kappa shape index (κ2) is 5.19. The molecule has 0 aliphatic heterocycles. The number of rotatable bonds is 2. The number of aromatic nitrogens is 1. The van der Waals surface area contributed by atoms with Crippen LogP contribution in [0.2, 0.25) is 0 Å². The van der Waals surface area contributed by atoms with Crippen LogP contribution in [0.15, 0.2) is 78.9 Å². The summed E-state index contributed by atoms with van der Waals surface area (Å²) in [5.74, 6) is 0. The first-order valence-corrected chi connectivity index (χ1v) is 7.60. The molecule has 0 N–H and O–H groups in total. The van der Waals surface area contributed by atoms with Gasteiger partial charge in [0.25, 0.3) is 0 Å². The Balaban J connectivity index is 2.22. The van der Waals surface area contributed by atoms with Crippen molar-refractivity contribution in [3.8, 4) is 5.69 Å². The van der Waals surface area contributed by atoms with Crippen LogP contribution in [-0.2, 0) is 0 Å². The van der Waals surface area contributed by atoms with Crippen LogP contribution in [0.3, 0.4) is 0 Å². The van der Waals surface area contributed by atoms with Gasteiger partial charge in [0.15, 0.2) is 0 Å². The molecule has 4 rings (SSSR count). The van der Waals surface area contributed by atoms with Crippen LogP contribution < -0.4 is 0 Å². The Morgan fingerprint density at radius 3 is 2.27 bits per heavy atom. The van der Waals surface area contributed by atoms with E-state index in [4.69, 9.17) is 0 Å². The van der Waals surface area contributed by atoms with Crippen molar-refractivity contribution in [2.45, 2.75) is 6.92 Å². The molecule has 1 aromatic heterocycles. The predicted octanol–water partition coefficient (Wildman–Crippen LogP) is 5.82. The van der Waals surface area contributed by atoms with Crippen LogP contribution in [0.4, 0.5) is 0 Å². The Hall–Kier alpha value is -2.80. The highest BCUT2D eigenvalue weighted by Crippen LogP contribution is 2.34. The average molecular weight is 283 g/mol. The van der Waals surface area contributed by atoms with E-state index in [2.05, 4.69) is 96.4 Å². The Bertz CT molecular complexity index is 975. The molecular formula is C21H17N. The second-order valence-electron chi connectivity index (χ2n) is 5.43. The van der Waals surface area contributed by atoms with Gasteiger partial charge in [-0.1, -0.05) is 60.7 Å². The van der Waals surface area contributed by atoms with E-state index in [0.717, 1.165) is 0 Å². The molecule has 106 valence electrons. The van der Waals surface area contributed by atoms with Crippen LogP contribution in [-0.4, -0.2) is 4.57 Å². The first-order valence-electron chi connectivity index (χ1n) is 7.60. The van der Waals surface area contributed by atoms with Crippen LogP contribution in [0.5, 0.6) is 0 Å². The van der Waals surface area contributed by atoms with E-state index in [9.17, 15) is 0 Å². The van der Waals surface area contributed by atoms with Crippen molar-refractivity contribution in [2.75, 3.05) is 0 Å². The fraction of sp³-hybridized carbons (Fsp3) is 0.0476. The Morgan fingerprint density at radius 2 is 1.45 bits per heavy atom. The molecule has 0 saturated carbocycles. The molecule has 4 aromatic rings. The van der Waals surface area contributed by atoms with Gasteiger partial charge in [0.2, 0.25) is 0 Å². The summed E-state index contributed by atoms with van der Waals surface area (Å²) >= 11 is 0. The molecular weight excluding hydrogens is 266 g/mol. The first kappa shape index (κ1) is 12.9. The van der Waals surface area contributed by atoms with Gasteiger partial charge in [-0.2, -0.15) is 0 Å². The number of para-hydroxylation sites is 2. The molecule has 0 amide bonds. The molecule has 0 unspecified atom stereocenters. The van der Waals surface area contributed by atoms with Crippen molar-refractivity contribution in [3.05, 3.63) is 84.4 Å². The lowest BCUT2D eigenvalue weighted by atomic mass is 10.1. The molecule has 0 saturated heterocycles. The molecule has 1 heteroatoms. The Kier molecular flexibility index (Phi) is 3.05. The SMILES string of the molecule is C/C=C/c1cccc2c1c1ccccc1n2-c1ccccc1. The minimum absolute atomic E-state index is 1.20. The fourth-order valence-electron chi connectivity index (χ4n) is 3.22. The van der Waals surface area contributed by atoms with Crippen molar-refractivity contribution in [1.82, 2.24) is 4.57 Å². The van der Waals surface area contributed by atoms with Crippen molar-refractivity contribution >= 4 is 27.9 Å². The summed E-state index contributed by atoms with van der Waals surface area (Å²) in [6.45, 7) is 2.06. The van der Waals surface area contributed by atoms with E-state index >= 15 is 0 Å². The smallest absolute Gasteiger partial charge is 0.0547 e. The predicted molar refractivity (Wildman–Crippen MR) is 95.5 cm³/mol. The quantitative estimate of drug-likeness (QED) is 0.437. The fourth-order valence-corrected chi connectivity index (χ4v) is 3.22. The van der Waals surface area contributed by atoms with Gasteiger partial charge >= 0.3 is 0 Å². The van der Waals surface area contributed by atoms with Crippen LogP contribution in [0, 0.1) is 0 Å². The normalized spacial score (nSPS) is 11.7. The summed E-state index contributed by atoms with van der Waals surface area (Å²) in [7, 11) is 0. The average Bonchev–Trinajstić information content (AvgIpc) is 2.91. The van der Waals surface area contributed by atoms with Crippen molar-refractivity contribution in [2.24, 2.45) is 0 Å². The molecule has 1 heterocycles. The number of allylic oxidation sites excluding steroid dienone is 1. The third-order valence-electron chi connectivity index (χ3n) is 4.09. The zero-order valence-electron chi connectivity index (χ0n) is 12.5. The maximum absolute atomic E-state index is 2.34. The lowest BCUT2D eigenvalue weighted by Gasteiger charge is -2.07. The lowest BCUT2D eigenvalue weighted by Crippen LogP contribution is -1.92. The standard InChI is InChI=1S/C21H17N/c1-2-9-16-10-8-15-20-21(16)18-13-6-7-14-19(18)22(20)17-11-4-3-5-12-17/h2-15H,1H3/b9-2+. The molecule has 0 fully saturated rings. The maximum Gasteiger partial charge on any atom is 0.0547 e. The molecule has 0 aliphatic rings. The Labute approximate surface area is 130 Å². The van der Waals surface area contributed by atoms with E-state index in [0.29, 0.717) is 0 Å². The van der Waals surface area contributed by atoms with Gasteiger partial charge in [0.1, 0.15) is 0 Å². The number of hydrogen-bond acceptors (Lipinski definition) is 0. The summed E-state index contributed by atoms with van der Waals surface area (Å²) < 4.78 is 2.34. The van der Waals surface area contributed by atoms with Gasteiger partial charge in [-0.3, -0.25) is 0 Å². The van der Waals surface area contributed by atoms with Gasteiger partial charge in [0.05, 0.1) is 11.0 Å². The summed E-state index contributed by atoms with van der Waals surface area (Å²) in [4.78, 5) is 0. The van der Waals surface area contributed by atoms with E-state index in [-0.39, 0.29) is 0 Å². The number of hydrogen-bond donors (Lipinski definition) is 0. The number of fused-ring (bicyclic) bond motifs is 3. The van der Waals surface area contributed by atoms with Crippen molar-refractivity contribution < 1.29 is 0 Å². The summed E-state index contributed by atoms with van der Waals surface area (Å²) in [5.41, 5.74) is 4.97. The molecule has 0 bridgehead atoms. The van der Waals surface area contributed by atoms with E-state index in [1.54, 1.807) is 0 Å². The van der Waals surface area contributed by atoms with Gasteiger partial charge in [-0.05, 0) is 36.8 Å². The first-order chi connectivity index (χ1) is 10.9. The largest absolute Gasteiger partial charge is 0.309 e. The molecule has 0 atom stereocenters. The zero-order valence-corrected chi connectivity index (χ0v) is 12.5. The molecule has 0 aliphatic carbocycles. The van der Waals surface area contributed by atoms with Gasteiger partial charge in [-0.15, -0.1) is 0 Å². The van der Waals surface area contributed by atoms with E-state index < -0.39 is 0 Å². The highest BCUT2D eigenvalue weighted by Gasteiger charge is 2.13. The van der Waals surface area contributed by atoms with Crippen molar-refractivity contribution in [3.63, 3.8) is 0 Å². The minimum Gasteiger partial charge on any atom is -0.309 e. The maximum atomic E-state index is 2.34. The zero-order chi connectivity index (χ0) is 14.9. The molecule has 0 spiro atoms. The molecule has 0 radical (unpaired) electrons. The van der Waals surface area contributed by atoms with E-state index in [1.807, 2.05) is 0 Å². The summed E-state index contributed by atoms with van der Waals surface area (Å²) in [6, 6.07) is 25.7. The van der Waals surface area contributed by atoms with Crippen LogP contribution >= 0.6 is 0 Å². The topological polar surface area (TPSA) is 4.93 Å². The van der Waals surface area contributed by atoms with Crippen LogP contribution in [0.1, 0.15) is 12.5 Å². The molecule has 3 aromatic carbocycles. The highest BCUT2D eigenvalue weighted by molar-refractivity contribution is 6.12. The third kappa shape index (κ3) is 1.86. The number of benzene rings is 3. The van der Waals surface area contributed by atoms with Gasteiger partial charge < -0.3 is 4.57 Å². The lowest BCUT2D eigenvalue weighted by molar-refractivity contribution is 1.18. The van der Waals surface area contributed by atoms with Gasteiger partial charge in [0, 0.05) is 16.5 Å². The molecule has 22 heavy (non-hydrogen) atoms. The highest BCUT2D eigenvalue weighted by atomic mass is 15.0. The third-order valence-corrected chi connectivity index (χ3v) is 4.09. The summed E-state index contributed by atoms with van der Waals surface area (Å²) in [5, 5.41) is 2.62. The summed E-state index contributed by atoms with van der Waals surface area (Å²) in [6.07, 6.45) is 4.29. The van der Waals surface area contributed by atoms with Crippen LogP contribution in [0.25, 0.3) is 33.6 Å². The number of nitrogens with zero attached hydrogens (tertiary/aromatic N) is 1.